The van der Waals surface area contributed by atoms with Crippen LogP contribution in [-0.4, -0.2) is 41.4 Å². The fraction of sp³-hybridized carbons (Fsp3) is 0.643. The molecule has 0 aromatic carbocycles. The van der Waals surface area contributed by atoms with Gasteiger partial charge in [0.05, 0.1) is 6.20 Å². The lowest BCUT2D eigenvalue weighted by molar-refractivity contribution is 0.0728. The number of aromatic nitrogens is 1. The Morgan fingerprint density at radius 1 is 1.39 bits per heavy atom. The van der Waals surface area contributed by atoms with Crippen LogP contribution in [0.3, 0.4) is 0 Å². The molecule has 0 radical (unpaired) electrons. The van der Waals surface area contributed by atoms with Gasteiger partial charge in [-0.1, -0.05) is 0 Å². The van der Waals surface area contributed by atoms with Gasteiger partial charge in [0.25, 0.3) is 0 Å². The van der Waals surface area contributed by atoms with Gasteiger partial charge < -0.3 is 9.84 Å². The summed E-state index contributed by atoms with van der Waals surface area (Å²) in [6.45, 7) is 3.26. The number of pyridine rings is 1. The number of likely N-dealkylation sites (tertiary alicyclic amines) is 1. The van der Waals surface area contributed by atoms with E-state index >= 15 is 0 Å². The Kier molecular flexibility index (Phi) is 3.48. The van der Waals surface area contributed by atoms with Gasteiger partial charge in [-0.2, -0.15) is 0 Å². The first-order chi connectivity index (χ1) is 8.86. The monoisotopic (exact) mass is 248 g/mol. The third kappa shape index (κ3) is 2.65. The number of hydrogen-bond donors (Lipinski definition) is 1. The number of nitrogens with zero attached hydrogens (tertiary/aromatic N) is 2. The van der Waals surface area contributed by atoms with E-state index in [-0.39, 0.29) is 0 Å². The van der Waals surface area contributed by atoms with Gasteiger partial charge in [0.1, 0.15) is 12.5 Å². The molecular formula is C14H20N2O2. The van der Waals surface area contributed by atoms with Crippen molar-refractivity contribution in [2.45, 2.75) is 25.2 Å². The van der Waals surface area contributed by atoms with Crippen molar-refractivity contribution in [1.82, 2.24) is 9.88 Å². The van der Waals surface area contributed by atoms with Gasteiger partial charge in [0.2, 0.25) is 0 Å². The number of aliphatic hydroxyl groups is 1. The molecule has 2 atom stereocenters. The minimum absolute atomic E-state index is 0.291. The molecule has 1 N–H and O–H groups in total. The van der Waals surface area contributed by atoms with Crippen molar-refractivity contribution in [1.29, 1.82) is 0 Å². The quantitative estimate of drug-likeness (QED) is 0.830. The Hall–Kier alpha value is -1.13. The third-order valence-corrected chi connectivity index (χ3v) is 3.95. The number of rotatable bonds is 6. The molecule has 1 aliphatic heterocycles. The fourth-order valence-corrected chi connectivity index (χ4v) is 2.53. The Morgan fingerprint density at radius 2 is 2.28 bits per heavy atom. The number of aliphatic hydroxyl groups excluding tert-OH is 1. The molecule has 1 aromatic rings. The van der Waals surface area contributed by atoms with Crippen LogP contribution in [0.5, 0.6) is 5.75 Å². The minimum atomic E-state index is 0.291. The number of ether oxygens (including phenoxy) is 1. The van der Waals surface area contributed by atoms with Gasteiger partial charge in [0.15, 0.2) is 0 Å². The zero-order valence-electron chi connectivity index (χ0n) is 10.6. The molecule has 0 unspecified atom stereocenters. The van der Waals surface area contributed by atoms with Crippen LogP contribution < -0.4 is 4.74 Å². The highest BCUT2D eigenvalue weighted by Crippen LogP contribution is 2.49. The summed E-state index contributed by atoms with van der Waals surface area (Å²) in [5.74, 6) is 2.09. The lowest BCUT2D eigenvalue weighted by Crippen LogP contribution is -2.39. The van der Waals surface area contributed by atoms with E-state index in [9.17, 15) is 0 Å². The second-order valence-electron chi connectivity index (χ2n) is 5.31. The summed E-state index contributed by atoms with van der Waals surface area (Å²) in [7, 11) is 0. The van der Waals surface area contributed by atoms with E-state index in [1.165, 1.54) is 18.4 Å². The average Bonchev–Trinajstić information content (AvgIpc) is 3.07. The van der Waals surface area contributed by atoms with Crippen molar-refractivity contribution >= 4 is 0 Å². The molecule has 4 heteroatoms. The Balaban J connectivity index is 1.55. The van der Waals surface area contributed by atoms with Crippen LogP contribution in [0.25, 0.3) is 0 Å². The number of hydrogen-bond acceptors (Lipinski definition) is 4. The van der Waals surface area contributed by atoms with Crippen LogP contribution in [0.2, 0.25) is 0 Å². The van der Waals surface area contributed by atoms with Crippen molar-refractivity contribution < 1.29 is 9.84 Å². The Labute approximate surface area is 108 Å². The van der Waals surface area contributed by atoms with Crippen LogP contribution >= 0.6 is 0 Å². The van der Waals surface area contributed by atoms with Gasteiger partial charge in [0, 0.05) is 25.9 Å². The second-order valence-corrected chi connectivity index (χ2v) is 5.31. The maximum atomic E-state index is 8.93. The fourth-order valence-electron chi connectivity index (χ4n) is 2.53. The van der Waals surface area contributed by atoms with Crippen LogP contribution in [0.1, 0.15) is 30.7 Å². The highest BCUT2D eigenvalue weighted by molar-refractivity contribution is 5.30. The SMILES string of the molecule is OCC[C@H]1C[C@@H]1c1cncc(OCN2CCC2)c1. The van der Waals surface area contributed by atoms with E-state index in [1.54, 1.807) is 6.20 Å². The molecule has 2 aliphatic rings. The van der Waals surface area contributed by atoms with E-state index in [0.717, 1.165) is 25.3 Å². The topological polar surface area (TPSA) is 45.6 Å². The molecule has 2 heterocycles. The minimum Gasteiger partial charge on any atom is -0.477 e. The smallest absolute Gasteiger partial charge is 0.142 e. The third-order valence-electron chi connectivity index (χ3n) is 3.95. The zero-order valence-corrected chi connectivity index (χ0v) is 10.6. The van der Waals surface area contributed by atoms with Gasteiger partial charge in [-0.15, -0.1) is 0 Å². The maximum absolute atomic E-state index is 8.93. The van der Waals surface area contributed by atoms with E-state index in [4.69, 9.17) is 9.84 Å². The molecule has 4 nitrogen and oxygen atoms in total. The Bertz CT molecular complexity index is 407. The van der Waals surface area contributed by atoms with E-state index < -0.39 is 0 Å². The predicted molar refractivity (Wildman–Crippen MR) is 68.5 cm³/mol. The molecule has 2 fully saturated rings. The summed E-state index contributed by atoms with van der Waals surface area (Å²) in [6, 6.07) is 2.11. The molecule has 1 saturated heterocycles. The molecule has 1 aliphatic carbocycles. The highest BCUT2D eigenvalue weighted by Gasteiger charge is 2.37. The van der Waals surface area contributed by atoms with Gasteiger partial charge in [-0.3, -0.25) is 9.88 Å². The molecular weight excluding hydrogens is 228 g/mol. The first kappa shape index (κ1) is 11.9. The molecule has 1 aromatic heterocycles. The van der Waals surface area contributed by atoms with Crippen LogP contribution in [0, 0.1) is 5.92 Å². The van der Waals surface area contributed by atoms with Crippen molar-refractivity contribution in [2.24, 2.45) is 5.92 Å². The average molecular weight is 248 g/mol. The molecule has 0 amide bonds. The largest absolute Gasteiger partial charge is 0.477 e. The van der Waals surface area contributed by atoms with E-state index in [1.807, 2.05) is 6.20 Å². The molecule has 0 spiro atoms. The van der Waals surface area contributed by atoms with Gasteiger partial charge in [-0.05, 0) is 42.7 Å². The first-order valence-electron chi connectivity index (χ1n) is 6.78. The summed E-state index contributed by atoms with van der Waals surface area (Å²) in [5, 5.41) is 8.93. The van der Waals surface area contributed by atoms with Crippen LogP contribution in [0.15, 0.2) is 18.5 Å². The first-order valence-corrected chi connectivity index (χ1v) is 6.78. The Morgan fingerprint density at radius 3 is 3.00 bits per heavy atom. The zero-order chi connectivity index (χ0) is 12.4. The lowest BCUT2D eigenvalue weighted by atomic mass is 10.1. The molecule has 0 bridgehead atoms. The van der Waals surface area contributed by atoms with Crippen molar-refractivity contribution in [3.05, 3.63) is 24.0 Å². The molecule has 18 heavy (non-hydrogen) atoms. The molecule has 1 saturated carbocycles. The highest BCUT2D eigenvalue weighted by atomic mass is 16.5. The van der Waals surface area contributed by atoms with Crippen molar-refractivity contribution in [2.75, 3.05) is 26.4 Å². The lowest BCUT2D eigenvalue weighted by Gasteiger charge is -2.30. The normalized spacial score (nSPS) is 26.7. The molecule has 98 valence electrons. The summed E-state index contributed by atoms with van der Waals surface area (Å²) in [5.41, 5.74) is 1.26. The van der Waals surface area contributed by atoms with Crippen LogP contribution in [0.4, 0.5) is 0 Å². The summed E-state index contributed by atoms with van der Waals surface area (Å²) >= 11 is 0. The second kappa shape index (κ2) is 5.24. The van der Waals surface area contributed by atoms with E-state index in [2.05, 4.69) is 16.0 Å². The standard InChI is InChI=1S/C14H20N2O2/c17-5-2-11-7-14(11)12-6-13(9-15-8-12)18-10-16-3-1-4-16/h6,8-9,11,14,17H,1-5,7,10H2/t11-,14-/m0/s1. The van der Waals surface area contributed by atoms with E-state index in [0.29, 0.717) is 25.2 Å². The van der Waals surface area contributed by atoms with Crippen molar-refractivity contribution in [3.63, 3.8) is 0 Å². The van der Waals surface area contributed by atoms with Gasteiger partial charge in [-0.25, -0.2) is 0 Å². The molecule has 3 rings (SSSR count). The summed E-state index contributed by atoms with van der Waals surface area (Å²) in [4.78, 5) is 6.53. The predicted octanol–water partition coefficient (Wildman–Crippen LogP) is 1.61. The van der Waals surface area contributed by atoms with Crippen LogP contribution in [-0.2, 0) is 0 Å². The van der Waals surface area contributed by atoms with Crippen molar-refractivity contribution in [3.8, 4) is 5.75 Å². The maximum Gasteiger partial charge on any atom is 0.142 e. The van der Waals surface area contributed by atoms with Gasteiger partial charge >= 0.3 is 0 Å². The summed E-state index contributed by atoms with van der Waals surface area (Å²) < 4.78 is 5.74. The summed E-state index contributed by atoms with van der Waals surface area (Å²) in [6.07, 6.45) is 7.08.